The normalized spacial score (nSPS) is 11.9. The summed E-state index contributed by atoms with van der Waals surface area (Å²) in [6, 6.07) is 60.5. The van der Waals surface area contributed by atoms with Crippen LogP contribution in [0.25, 0.3) is 103 Å². The Morgan fingerprint density at radius 1 is 0.471 bits per heavy atom. The van der Waals surface area contributed by atoms with Gasteiger partial charge >= 0.3 is 0 Å². The van der Waals surface area contributed by atoms with E-state index in [0.29, 0.717) is 0 Å². The number of aromatic nitrogens is 2. The summed E-state index contributed by atoms with van der Waals surface area (Å²) in [7, 11) is 0. The number of hydrogen-bond donors (Lipinski definition) is 0. The topological polar surface area (TPSA) is 31.0 Å². The van der Waals surface area contributed by atoms with Gasteiger partial charge in [0.15, 0.2) is 0 Å². The van der Waals surface area contributed by atoms with Crippen molar-refractivity contribution in [2.75, 3.05) is 0 Å². The summed E-state index contributed by atoms with van der Waals surface area (Å²) in [6.45, 7) is 0. The van der Waals surface area contributed by atoms with Crippen LogP contribution in [0.4, 0.5) is 0 Å². The van der Waals surface area contributed by atoms with Crippen LogP contribution in [0.5, 0.6) is 0 Å². The quantitative estimate of drug-likeness (QED) is 0.187. The summed E-state index contributed by atoms with van der Waals surface area (Å²) < 4.78 is 11.4. The third-order valence-corrected chi connectivity index (χ3v) is 11.4. The molecule has 4 aromatic heterocycles. The third kappa shape index (κ3) is 4.33. The van der Waals surface area contributed by atoms with Crippen molar-refractivity contribution in [2.24, 2.45) is 0 Å². The molecule has 7 aromatic carbocycles. The largest absolute Gasteiger partial charge is 0.455 e. The zero-order valence-electron chi connectivity index (χ0n) is 27.4. The van der Waals surface area contributed by atoms with E-state index in [0.717, 1.165) is 72.1 Å². The van der Waals surface area contributed by atoms with E-state index in [9.17, 15) is 0 Å². The molecular formula is C47H28N2OS. The van der Waals surface area contributed by atoms with Crippen LogP contribution >= 0.6 is 11.3 Å². The van der Waals surface area contributed by atoms with Crippen molar-refractivity contribution < 1.29 is 4.42 Å². The highest BCUT2D eigenvalue weighted by molar-refractivity contribution is 7.26. The maximum Gasteiger partial charge on any atom is 0.145 e. The first-order valence-corrected chi connectivity index (χ1v) is 18.0. The molecule has 0 N–H and O–H groups in total. The van der Waals surface area contributed by atoms with Crippen LogP contribution in [0.15, 0.2) is 174 Å². The maximum absolute atomic E-state index is 6.52. The SMILES string of the molecule is c1ccc(-c2cc(-c3ccc(-n4c5ccccc5c5c6oc7ccccc7c6ccc54)cc3)nc(-c3cccc4c3sc3ccccc34)c2)cc1. The monoisotopic (exact) mass is 668 g/mol. The van der Waals surface area contributed by atoms with Crippen LogP contribution in [-0.4, -0.2) is 9.55 Å². The van der Waals surface area contributed by atoms with Gasteiger partial charge in [-0.1, -0.05) is 115 Å². The minimum atomic E-state index is 0.911. The number of rotatable bonds is 4. The molecule has 4 heteroatoms. The predicted octanol–water partition coefficient (Wildman–Crippen LogP) is 13.4. The van der Waals surface area contributed by atoms with Gasteiger partial charge in [0, 0.05) is 53.1 Å². The molecule has 0 aliphatic heterocycles. The molecule has 0 atom stereocenters. The van der Waals surface area contributed by atoms with Gasteiger partial charge < -0.3 is 8.98 Å². The highest BCUT2D eigenvalue weighted by atomic mass is 32.1. The van der Waals surface area contributed by atoms with Crippen LogP contribution in [0.2, 0.25) is 0 Å². The second-order valence-corrected chi connectivity index (χ2v) is 14.2. The summed E-state index contributed by atoms with van der Waals surface area (Å²) >= 11 is 1.84. The van der Waals surface area contributed by atoms with Gasteiger partial charge in [0.05, 0.1) is 27.8 Å². The molecule has 4 heterocycles. The van der Waals surface area contributed by atoms with Crippen molar-refractivity contribution in [1.82, 2.24) is 9.55 Å². The number of furan rings is 1. The molecule has 51 heavy (non-hydrogen) atoms. The van der Waals surface area contributed by atoms with Gasteiger partial charge in [-0.3, -0.25) is 0 Å². The van der Waals surface area contributed by atoms with Crippen LogP contribution in [-0.2, 0) is 0 Å². The van der Waals surface area contributed by atoms with Gasteiger partial charge in [-0.05, 0) is 65.7 Å². The van der Waals surface area contributed by atoms with Gasteiger partial charge in [-0.25, -0.2) is 4.98 Å². The Kier molecular flexibility index (Phi) is 6.12. The van der Waals surface area contributed by atoms with Crippen LogP contribution in [0.1, 0.15) is 0 Å². The molecule has 11 aromatic rings. The standard InChI is InChI=1S/C47H28N2OS/c1-2-11-29(12-3-1)31-27-39(48-40(28-31)37-17-10-16-36-34-14-6-9-20-44(34)51-47(36)37)30-21-23-32(24-22-30)49-41-18-7-4-15-38(41)45-42(49)26-25-35-33-13-5-8-19-43(33)50-46(35)45/h1-28H. The molecule has 0 aliphatic rings. The molecule has 0 spiro atoms. The highest BCUT2D eigenvalue weighted by Gasteiger charge is 2.19. The van der Waals surface area contributed by atoms with Crippen LogP contribution < -0.4 is 0 Å². The Balaban J connectivity index is 1.08. The molecule has 238 valence electrons. The van der Waals surface area contributed by atoms with Crippen LogP contribution in [0, 0.1) is 0 Å². The number of benzene rings is 7. The van der Waals surface area contributed by atoms with Gasteiger partial charge in [0.2, 0.25) is 0 Å². The average molecular weight is 669 g/mol. The van der Waals surface area contributed by atoms with E-state index in [1.165, 1.54) is 31.1 Å². The van der Waals surface area contributed by atoms with Crippen molar-refractivity contribution >= 4 is 75.3 Å². The summed E-state index contributed by atoms with van der Waals surface area (Å²) in [6.07, 6.45) is 0. The number of hydrogen-bond acceptors (Lipinski definition) is 3. The first kappa shape index (κ1) is 28.4. The fourth-order valence-corrected chi connectivity index (χ4v) is 9.08. The van der Waals surface area contributed by atoms with E-state index in [1.807, 2.05) is 23.5 Å². The van der Waals surface area contributed by atoms with Crippen molar-refractivity contribution in [2.45, 2.75) is 0 Å². The minimum absolute atomic E-state index is 0.911. The first-order valence-electron chi connectivity index (χ1n) is 17.2. The van der Waals surface area contributed by atoms with Crippen molar-refractivity contribution in [3.63, 3.8) is 0 Å². The fraction of sp³-hybridized carbons (Fsp3) is 0. The Labute approximate surface area is 297 Å². The Morgan fingerprint density at radius 2 is 1.20 bits per heavy atom. The van der Waals surface area contributed by atoms with E-state index in [2.05, 4.69) is 162 Å². The second kappa shape index (κ2) is 11.0. The van der Waals surface area contributed by atoms with E-state index in [4.69, 9.17) is 9.40 Å². The van der Waals surface area contributed by atoms with Gasteiger partial charge in [0.1, 0.15) is 11.2 Å². The molecular weight excluding hydrogens is 641 g/mol. The molecule has 0 bridgehead atoms. The molecule has 0 amide bonds. The Hall–Kier alpha value is -6.49. The van der Waals surface area contributed by atoms with Gasteiger partial charge in [-0.15, -0.1) is 11.3 Å². The number of thiophene rings is 1. The molecule has 0 unspecified atom stereocenters. The van der Waals surface area contributed by atoms with Crippen molar-refractivity contribution in [1.29, 1.82) is 0 Å². The zero-order valence-corrected chi connectivity index (χ0v) is 28.2. The summed E-state index contributed by atoms with van der Waals surface area (Å²) in [5.74, 6) is 0. The molecule has 0 saturated carbocycles. The van der Waals surface area contributed by atoms with Crippen molar-refractivity contribution in [3.8, 4) is 39.3 Å². The lowest BCUT2D eigenvalue weighted by Gasteiger charge is -2.12. The van der Waals surface area contributed by atoms with E-state index >= 15 is 0 Å². The number of pyridine rings is 1. The van der Waals surface area contributed by atoms with E-state index < -0.39 is 0 Å². The molecule has 11 rings (SSSR count). The maximum atomic E-state index is 6.52. The average Bonchev–Trinajstić information content (AvgIpc) is 3.88. The Bertz CT molecular complexity index is 3130. The Morgan fingerprint density at radius 3 is 2.08 bits per heavy atom. The second-order valence-electron chi connectivity index (χ2n) is 13.1. The summed E-state index contributed by atoms with van der Waals surface area (Å²) in [5, 5.41) is 7.17. The molecule has 0 fully saturated rings. The van der Waals surface area contributed by atoms with Crippen molar-refractivity contribution in [3.05, 3.63) is 170 Å². The first-order chi connectivity index (χ1) is 25.3. The highest BCUT2D eigenvalue weighted by Crippen LogP contribution is 2.42. The number of fused-ring (bicyclic) bond motifs is 10. The molecule has 0 aliphatic carbocycles. The lowest BCUT2D eigenvalue weighted by molar-refractivity contribution is 0.673. The summed E-state index contributed by atoms with van der Waals surface area (Å²) in [5.41, 5.74) is 11.7. The predicted molar refractivity (Wildman–Crippen MR) is 215 cm³/mol. The fourth-order valence-electron chi connectivity index (χ4n) is 7.86. The lowest BCUT2D eigenvalue weighted by Crippen LogP contribution is -1.95. The van der Waals surface area contributed by atoms with Gasteiger partial charge in [0.25, 0.3) is 0 Å². The summed E-state index contributed by atoms with van der Waals surface area (Å²) in [4.78, 5) is 5.35. The van der Waals surface area contributed by atoms with E-state index in [1.54, 1.807) is 0 Å². The smallest absolute Gasteiger partial charge is 0.145 e. The third-order valence-electron chi connectivity index (χ3n) is 10.2. The van der Waals surface area contributed by atoms with Gasteiger partial charge in [-0.2, -0.15) is 0 Å². The minimum Gasteiger partial charge on any atom is -0.455 e. The number of nitrogens with zero attached hydrogens (tertiary/aromatic N) is 2. The lowest BCUT2D eigenvalue weighted by atomic mass is 9.99. The van der Waals surface area contributed by atoms with E-state index in [-0.39, 0.29) is 0 Å². The zero-order chi connectivity index (χ0) is 33.5. The van der Waals surface area contributed by atoms with Crippen LogP contribution in [0.3, 0.4) is 0 Å². The molecule has 0 radical (unpaired) electrons. The molecule has 3 nitrogen and oxygen atoms in total. The molecule has 0 saturated heterocycles. The number of para-hydroxylation sites is 2.